The fourth-order valence-electron chi connectivity index (χ4n) is 1.22. The first-order valence-corrected chi connectivity index (χ1v) is 3.62. The molecule has 60 valence electrons. The predicted molar refractivity (Wildman–Crippen MR) is 43.4 cm³/mol. The predicted octanol–water partition coefficient (Wildman–Crippen LogP) is 1.56. The molecule has 1 amide bonds. The lowest BCUT2D eigenvalue weighted by molar-refractivity contribution is -0.113. The number of nitrogens with zero attached hydrogens (tertiary/aromatic N) is 1. The van der Waals surface area contributed by atoms with Gasteiger partial charge in [-0.15, -0.1) is 0 Å². The fourth-order valence-corrected chi connectivity index (χ4v) is 1.22. The number of aliphatic imine (C=N–C) groups is 1. The molecule has 0 radical (unpaired) electrons. The number of carbonyl (C=O) groups excluding carboxylic acids is 1. The van der Waals surface area contributed by atoms with Crippen molar-refractivity contribution in [2.75, 3.05) is 0 Å². The molecule has 1 aliphatic carbocycles. The van der Waals surface area contributed by atoms with Crippen molar-refractivity contribution in [3.63, 3.8) is 0 Å². The van der Waals surface area contributed by atoms with Gasteiger partial charge >= 0.3 is 0 Å². The topological polar surface area (TPSA) is 29.4 Å². The van der Waals surface area contributed by atoms with Gasteiger partial charge in [0.25, 0.3) is 5.91 Å². The maximum atomic E-state index is 13.0. The van der Waals surface area contributed by atoms with E-state index >= 15 is 0 Å². The second-order valence-electron chi connectivity index (χ2n) is 2.62. The molecule has 1 aliphatic heterocycles. The van der Waals surface area contributed by atoms with Crippen molar-refractivity contribution in [1.82, 2.24) is 0 Å². The maximum absolute atomic E-state index is 13.0. The number of amides is 1. The Hall–Kier alpha value is -1.51. The fraction of sp³-hybridized carbons (Fsp3) is 0.111. The summed E-state index contributed by atoms with van der Waals surface area (Å²) >= 11 is 0. The molecule has 0 N–H and O–H groups in total. The lowest BCUT2D eigenvalue weighted by atomic mass is 9.95. The molecule has 1 heterocycles. The Kier molecular flexibility index (Phi) is 1.50. The van der Waals surface area contributed by atoms with Crippen LogP contribution >= 0.6 is 0 Å². The number of hydrogen-bond acceptors (Lipinski definition) is 1. The molecular formula is C9H6FNO. The Labute approximate surface area is 68.8 Å². The summed E-state index contributed by atoms with van der Waals surface area (Å²) in [5.74, 6) is -0.965. The van der Waals surface area contributed by atoms with Gasteiger partial charge in [-0.3, -0.25) is 4.79 Å². The summed E-state index contributed by atoms with van der Waals surface area (Å²) < 4.78 is 13.0. The molecule has 0 fully saturated rings. The minimum Gasteiger partial charge on any atom is -0.267 e. The van der Waals surface area contributed by atoms with Crippen LogP contribution in [0.25, 0.3) is 0 Å². The van der Waals surface area contributed by atoms with Crippen molar-refractivity contribution in [1.29, 1.82) is 0 Å². The van der Waals surface area contributed by atoms with Crippen LogP contribution in [0.1, 0.15) is 0 Å². The van der Waals surface area contributed by atoms with E-state index in [-0.39, 0.29) is 17.5 Å². The first-order chi connectivity index (χ1) is 5.77. The van der Waals surface area contributed by atoms with Gasteiger partial charge in [-0.2, -0.15) is 0 Å². The summed E-state index contributed by atoms with van der Waals surface area (Å²) in [5, 5.41) is 0. The zero-order valence-corrected chi connectivity index (χ0v) is 6.20. The number of halogens is 1. The largest absolute Gasteiger partial charge is 0.269 e. The van der Waals surface area contributed by atoms with E-state index < -0.39 is 5.83 Å². The number of fused-ring (bicyclic) bond motifs is 1. The molecule has 0 saturated heterocycles. The molecule has 0 spiro atoms. The second kappa shape index (κ2) is 2.52. The van der Waals surface area contributed by atoms with Crippen LogP contribution < -0.4 is 0 Å². The average Bonchev–Trinajstić information content (AvgIpc) is 2.07. The van der Waals surface area contributed by atoms with E-state index in [9.17, 15) is 9.18 Å². The quantitative estimate of drug-likeness (QED) is 0.532. The molecule has 3 heteroatoms. The second-order valence-corrected chi connectivity index (χ2v) is 2.62. The highest BCUT2D eigenvalue weighted by Crippen LogP contribution is 2.21. The normalized spacial score (nSPS) is 26.4. The maximum Gasteiger partial charge on any atom is 0.269 e. The number of allylic oxidation sites excluding steroid dienone is 5. The van der Waals surface area contributed by atoms with E-state index in [0.717, 1.165) is 0 Å². The van der Waals surface area contributed by atoms with Crippen LogP contribution in [0.15, 0.2) is 41.2 Å². The van der Waals surface area contributed by atoms with Crippen LogP contribution in [0.5, 0.6) is 0 Å². The lowest BCUT2D eigenvalue weighted by Crippen LogP contribution is -2.18. The SMILES string of the molecule is O=C1C=CC2C=CC=C(F)C2=N1. The molecule has 0 aromatic heterocycles. The monoisotopic (exact) mass is 163 g/mol. The van der Waals surface area contributed by atoms with Crippen molar-refractivity contribution in [2.45, 2.75) is 0 Å². The molecule has 0 bridgehead atoms. The van der Waals surface area contributed by atoms with Crippen LogP contribution in [0.2, 0.25) is 0 Å². The van der Waals surface area contributed by atoms with Gasteiger partial charge in [-0.05, 0) is 6.08 Å². The molecule has 0 saturated carbocycles. The Bertz CT molecular complexity index is 348. The van der Waals surface area contributed by atoms with Crippen molar-refractivity contribution in [3.8, 4) is 0 Å². The highest BCUT2D eigenvalue weighted by molar-refractivity contribution is 6.12. The summed E-state index contributed by atoms with van der Waals surface area (Å²) in [5.41, 5.74) is 0.227. The minimum atomic E-state index is -0.416. The number of rotatable bonds is 0. The number of carbonyl (C=O) groups is 1. The average molecular weight is 163 g/mol. The van der Waals surface area contributed by atoms with E-state index in [1.807, 2.05) is 0 Å². The molecule has 1 unspecified atom stereocenters. The third kappa shape index (κ3) is 1.03. The van der Waals surface area contributed by atoms with Crippen molar-refractivity contribution < 1.29 is 9.18 Å². The first-order valence-electron chi connectivity index (χ1n) is 3.62. The molecule has 2 rings (SSSR count). The zero-order valence-electron chi connectivity index (χ0n) is 6.20. The van der Waals surface area contributed by atoms with Crippen molar-refractivity contribution in [2.24, 2.45) is 10.9 Å². The zero-order chi connectivity index (χ0) is 8.55. The smallest absolute Gasteiger partial charge is 0.267 e. The van der Waals surface area contributed by atoms with Crippen LogP contribution in [-0.4, -0.2) is 11.6 Å². The van der Waals surface area contributed by atoms with Gasteiger partial charge in [0.15, 0.2) is 0 Å². The van der Waals surface area contributed by atoms with Crippen LogP contribution in [0.3, 0.4) is 0 Å². The van der Waals surface area contributed by atoms with E-state index in [4.69, 9.17) is 0 Å². The standard InChI is InChI=1S/C9H6FNO/c10-7-3-1-2-6-4-5-8(12)11-9(6)7/h1-6H. The van der Waals surface area contributed by atoms with Gasteiger partial charge in [-0.25, -0.2) is 9.38 Å². The number of dihydropyridines is 1. The molecule has 12 heavy (non-hydrogen) atoms. The molecular weight excluding hydrogens is 157 g/mol. The first kappa shape index (κ1) is 7.16. The summed E-state index contributed by atoms with van der Waals surface area (Å²) in [4.78, 5) is 14.4. The van der Waals surface area contributed by atoms with Crippen LogP contribution in [0, 0.1) is 5.92 Å². The summed E-state index contributed by atoms with van der Waals surface area (Å²) in [6, 6.07) is 0. The van der Waals surface area contributed by atoms with E-state index in [2.05, 4.69) is 4.99 Å². The highest BCUT2D eigenvalue weighted by Gasteiger charge is 2.21. The summed E-state index contributed by atoms with van der Waals surface area (Å²) in [7, 11) is 0. The van der Waals surface area contributed by atoms with Gasteiger partial charge in [-0.1, -0.05) is 18.2 Å². The molecule has 2 aliphatic rings. The molecule has 0 aromatic rings. The Morgan fingerprint density at radius 1 is 1.42 bits per heavy atom. The van der Waals surface area contributed by atoms with Crippen molar-refractivity contribution in [3.05, 3.63) is 36.2 Å². The molecule has 2 nitrogen and oxygen atoms in total. The minimum absolute atomic E-state index is 0.160. The van der Waals surface area contributed by atoms with Gasteiger partial charge in [0, 0.05) is 12.0 Å². The Morgan fingerprint density at radius 3 is 3.08 bits per heavy atom. The third-order valence-corrected chi connectivity index (χ3v) is 1.80. The van der Waals surface area contributed by atoms with E-state index in [1.54, 1.807) is 18.2 Å². The summed E-state index contributed by atoms with van der Waals surface area (Å²) in [6.07, 6.45) is 7.73. The van der Waals surface area contributed by atoms with Gasteiger partial charge in [0.05, 0.1) is 5.71 Å². The van der Waals surface area contributed by atoms with E-state index in [0.29, 0.717) is 0 Å². The molecule has 1 atom stereocenters. The Morgan fingerprint density at radius 2 is 2.25 bits per heavy atom. The lowest BCUT2D eigenvalue weighted by Gasteiger charge is -2.15. The highest BCUT2D eigenvalue weighted by atomic mass is 19.1. The summed E-state index contributed by atoms with van der Waals surface area (Å²) in [6.45, 7) is 0. The van der Waals surface area contributed by atoms with Gasteiger partial charge < -0.3 is 0 Å². The van der Waals surface area contributed by atoms with Crippen LogP contribution in [-0.2, 0) is 4.79 Å². The Balaban J connectivity index is 2.44. The third-order valence-electron chi connectivity index (χ3n) is 1.80. The number of hydrogen-bond donors (Lipinski definition) is 0. The van der Waals surface area contributed by atoms with Gasteiger partial charge in [0.2, 0.25) is 0 Å². The van der Waals surface area contributed by atoms with Crippen molar-refractivity contribution >= 4 is 11.6 Å². The van der Waals surface area contributed by atoms with Gasteiger partial charge in [0.1, 0.15) is 5.83 Å². The molecule has 0 aromatic carbocycles. The van der Waals surface area contributed by atoms with Crippen LogP contribution in [0.4, 0.5) is 4.39 Å². The van der Waals surface area contributed by atoms with E-state index in [1.165, 1.54) is 12.2 Å².